The van der Waals surface area contributed by atoms with Gasteiger partial charge in [0.25, 0.3) is 0 Å². The predicted octanol–water partition coefficient (Wildman–Crippen LogP) is 5.35. The van der Waals surface area contributed by atoms with E-state index < -0.39 is 11.7 Å². The highest BCUT2D eigenvalue weighted by molar-refractivity contribution is 9.09. The van der Waals surface area contributed by atoms with Crippen LogP contribution in [-0.2, 0) is 19.0 Å². The first-order chi connectivity index (χ1) is 9.95. The quantitative estimate of drug-likeness (QED) is 0.651. The van der Waals surface area contributed by atoms with E-state index in [1.165, 1.54) is 11.1 Å². The van der Waals surface area contributed by atoms with Crippen LogP contribution in [0.15, 0.2) is 48.5 Å². The van der Waals surface area contributed by atoms with Crippen LogP contribution >= 0.6 is 15.9 Å². The molecule has 4 heteroatoms. The van der Waals surface area contributed by atoms with Crippen LogP contribution in [0.5, 0.6) is 0 Å². The lowest BCUT2D eigenvalue weighted by atomic mass is 9.75. The summed E-state index contributed by atoms with van der Waals surface area (Å²) in [5, 5.41) is 0. The maximum atomic E-state index is 12.5. The summed E-state index contributed by atoms with van der Waals surface area (Å²) in [6, 6.07) is 13.8. The zero-order valence-electron chi connectivity index (χ0n) is 11.2. The fraction of sp³-hybridized carbons (Fsp3) is 0.294. The van der Waals surface area contributed by atoms with Crippen molar-refractivity contribution in [2.45, 2.75) is 29.8 Å². The van der Waals surface area contributed by atoms with E-state index in [2.05, 4.69) is 28.1 Å². The van der Waals surface area contributed by atoms with E-state index in [1.807, 2.05) is 12.1 Å². The Bertz CT molecular complexity index is 631. The van der Waals surface area contributed by atoms with Crippen LogP contribution < -0.4 is 0 Å². The van der Waals surface area contributed by atoms with Crippen LogP contribution in [0.4, 0.5) is 13.2 Å². The maximum Gasteiger partial charge on any atom is 0.416 e. The maximum absolute atomic E-state index is 12.5. The Morgan fingerprint density at radius 3 is 2.33 bits per heavy atom. The molecule has 0 aromatic heterocycles. The van der Waals surface area contributed by atoms with Crippen molar-refractivity contribution in [2.24, 2.45) is 0 Å². The van der Waals surface area contributed by atoms with Gasteiger partial charge in [-0.1, -0.05) is 52.3 Å². The second kappa shape index (κ2) is 5.48. The highest BCUT2D eigenvalue weighted by atomic mass is 79.9. The lowest BCUT2D eigenvalue weighted by Crippen LogP contribution is -2.26. The zero-order valence-corrected chi connectivity index (χ0v) is 12.8. The molecule has 0 saturated heterocycles. The molecule has 1 aliphatic carbocycles. The van der Waals surface area contributed by atoms with Crippen molar-refractivity contribution in [3.05, 3.63) is 70.8 Å². The van der Waals surface area contributed by atoms with Gasteiger partial charge in [0, 0.05) is 10.7 Å². The molecule has 0 spiro atoms. The number of benzene rings is 2. The summed E-state index contributed by atoms with van der Waals surface area (Å²) >= 11 is 3.70. The molecule has 0 fully saturated rings. The molecule has 0 radical (unpaired) electrons. The Balaban J connectivity index is 1.68. The fourth-order valence-electron chi connectivity index (χ4n) is 2.82. The highest BCUT2D eigenvalue weighted by Crippen LogP contribution is 2.41. The van der Waals surface area contributed by atoms with Crippen LogP contribution in [0.25, 0.3) is 0 Å². The van der Waals surface area contributed by atoms with Crippen molar-refractivity contribution < 1.29 is 13.2 Å². The van der Waals surface area contributed by atoms with Crippen molar-refractivity contribution in [2.75, 3.05) is 0 Å². The molecule has 0 N–H and O–H groups in total. The van der Waals surface area contributed by atoms with Crippen molar-refractivity contribution >= 4 is 15.9 Å². The molecule has 2 unspecified atom stereocenters. The standard InChI is InChI=1S/C17H14BrF3/c18-16(15-10-12-3-1-2-4-14(12)15)9-11-5-7-13(8-6-11)17(19,20)21/h1-8,15-16H,9-10H2. The van der Waals surface area contributed by atoms with Crippen molar-refractivity contribution in [3.63, 3.8) is 0 Å². The summed E-state index contributed by atoms with van der Waals surface area (Å²) in [6.07, 6.45) is -2.50. The van der Waals surface area contributed by atoms with Crippen molar-refractivity contribution in [3.8, 4) is 0 Å². The fourth-order valence-corrected chi connectivity index (χ4v) is 3.66. The Morgan fingerprint density at radius 1 is 1.05 bits per heavy atom. The topological polar surface area (TPSA) is 0 Å². The first-order valence-electron chi connectivity index (χ1n) is 6.83. The van der Waals surface area contributed by atoms with Gasteiger partial charge in [0.2, 0.25) is 0 Å². The minimum absolute atomic E-state index is 0.254. The largest absolute Gasteiger partial charge is 0.416 e. The zero-order chi connectivity index (χ0) is 15.0. The second-order valence-electron chi connectivity index (χ2n) is 5.42. The van der Waals surface area contributed by atoms with Crippen molar-refractivity contribution in [1.82, 2.24) is 0 Å². The third-order valence-electron chi connectivity index (χ3n) is 4.04. The molecular weight excluding hydrogens is 341 g/mol. The SMILES string of the molecule is FC(F)(F)c1ccc(CC(Br)C2Cc3ccccc32)cc1. The molecule has 0 amide bonds. The first-order valence-corrected chi connectivity index (χ1v) is 7.75. The summed E-state index contributed by atoms with van der Waals surface area (Å²) in [7, 11) is 0. The molecular formula is C17H14BrF3. The minimum Gasteiger partial charge on any atom is -0.166 e. The smallest absolute Gasteiger partial charge is 0.166 e. The summed E-state index contributed by atoms with van der Waals surface area (Å²) in [6.45, 7) is 0. The lowest BCUT2D eigenvalue weighted by molar-refractivity contribution is -0.137. The van der Waals surface area contributed by atoms with Gasteiger partial charge >= 0.3 is 6.18 Å². The van der Waals surface area contributed by atoms with Crippen LogP contribution in [0.2, 0.25) is 0 Å². The Labute approximate surface area is 130 Å². The Kier molecular flexibility index (Phi) is 3.82. The summed E-state index contributed by atoms with van der Waals surface area (Å²) < 4.78 is 37.6. The molecule has 2 aromatic carbocycles. The average molecular weight is 355 g/mol. The van der Waals surface area contributed by atoms with E-state index in [-0.39, 0.29) is 4.83 Å². The monoisotopic (exact) mass is 354 g/mol. The van der Waals surface area contributed by atoms with Crippen molar-refractivity contribution in [1.29, 1.82) is 0 Å². The molecule has 2 atom stereocenters. The summed E-state index contributed by atoms with van der Waals surface area (Å²) in [5.74, 6) is 0.448. The molecule has 110 valence electrons. The van der Waals surface area contributed by atoms with Gasteiger partial charge in [0.15, 0.2) is 0 Å². The molecule has 0 saturated carbocycles. The van der Waals surface area contributed by atoms with E-state index in [0.29, 0.717) is 5.92 Å². The first kappa shape index (κ1) is 14.6. The van der Waals surface area contributed by atoms with Gasteiger partial charge in [-0.15, -0.1) is 0 Å². The number of halogens is 4. The van der Waals surface area contributed by atoms with Gasteiger partial charge in [0.1, 0.15) is 0 Å². The highest BCUT2D eigenvalue weighted by Gasteiger charge is 2.32. The van der Waals surface area contributed by atoms with Crippen LogP contribution in [0.1, 0.15) is 28.2 Å². The summed E-state index contributed by atoms with van der Waals surface area (Å²) in [5.41, 5.74) is 3.06. The van der Waals surface area contributed by atoms with E-state index in [9.17, 15) is 13.2 Å². The van der Waals surface area contributed by atoms with E-state index in [1.54, 1.807) is 12.1 Å². The molecule has 0 nitrogen and oxygen atoms in total. The lowest BCUT2D eigenvalue weighted by Gasteiger charge is -2.34. The number of rotatable bonds is 3. The normalized spacial score (nSPS) is 18.8. The molecule has 0 heterocycles. The van der Waals surface area contributed by atoms with Gasteiger partial charge in [-0.05, 0) is 41.7 Å². The molecule has 2 aromatic rings. The molecule has 3 rings (SSSR count). The van der Waals surface area contributed by atoms with Gasteiger partial charge in [-0.2, -0.15) is 13.2 Å². The Hall–Kier alpha value is -1.29. The molecule has 0 bridgehead atoms. The minimum atomic E-state index is -4.26. The van der Waals surface area contributed by atoms with E-state index in [0.717, 1.165) is 30.5 Å². The van der Waals surface area contributed by atoms with Gasteiger partial charge in [-0.25, -0.2) is 0 Å². The van der Waals surface area contributed by atoms with E-state index >= 15 is 0 Å². The van der Waals surface area contributed by atoms with Gasteiger partial charge < -0.3 is 0 Å². The van der Waals surface area contributed by atoms with Crippen LogP contribution in [0.3, 0.4) is 0 Å². The molecule has 0 aliphatic heterocycles. The number of hydrogen-bond acceptors (Lipinski definition) is 0. The second-order valence-corrected chi connectivity index (χ2v) is 6.60. The van der Waals surface area contributed by atoms with Crippen LogP contribution in [-0.4, -0.2) is 4.83 Å². The third-order valence-corrected chi connectivity index (χ3v) is 5.00. The van der Waals surface area contributed by atoms with E-state index in [4.69, 9.17) is 0 Å². The number of fused-ring (bicyclic) bond motifs is 1. The number of alkyl halides is 4. The van der Waals surface area contributed by atoms with Crippen LogP contribution in [0, 0.1) is 0 Å². The van der Waals surface area contributed by atoms with Gasteiger partial charge in [0.05, 0.1) is 5.56 Å². The number of hydrogen-bond donors (Lipinski definition) is 0. The third kappa shape index (κ3) is 3.00. The predicted molar refractivity (Wildman–Crippen MR) is 80.8 cm³/mol. The average Bonchev–Trinajstić information content (AvgIpc) is 2.40. The summed E-state index contributed by atoms with van der Waals surface area (Å²) in [4.78, 5) is 0.254. The Morgan fingerprint density at radius 2 is 1.71 bits per heavy atom. The molecule has 21 heavy (non-hydrogen) atoms. The molecule has 1 aliphatic rings. The van der Waals surface area contributed by atoms with Gasteiger partial charge in [-0.3, -0.25) is 0 Å².